The maximum atomic E-state index is 12.3. The van der Waals surface area contributed by atoms with Gasteiger partial charge in [-0.2, -0.15) is 0 Å². The molecule has 2 N–H and O–H groups in total. The van der Waals surface area contributed by atoms with Gasteiger partial charge < -0.3 is 10.3 Å². The van der Waals surface area contributed by atoms with E-state index < -0.39 is 0 Å². The van der Waals surface area contributed by atoms with Gasteiger partial charge in [0.25, 0.3) is 5.56 Å². The molecule has 2 aromatic heterocycles. The standard InChI is InChI=1S/C18H18IN3O2S2/c1-9-10(2)26-18-15(9)17(24)21-14(22-18)8-25-11(3)16(23)20-13-6-4-5-12(19)7-13/h4-7,11H,8H2,1-3H3,(H,20,23)(H,21,22,24). The second kappa shape index (κ2) is 8.10. The number of carbonyl (C=O) groups is 1. The van der Waals surface area contributed by atoms with Gasteiger partial charge in [-0.25, -0.2) is 4.98 Å². The van der Waals surface area contributed by atoms with Crippen LogP contribution < -0.4 is 10.9 Å². The number of hydrogen-bond acceptors (Lipinski definition) is 5. The van der Waals surface area contributed by atoms with Crippen LogP contribution in [0.4, 0.5) is 5.69 Å². The van der Waals surface area contributed by atoms with Crippen LogP contribution in [0.3, 0.4) is 0 Å². The highest BCUT2D eigenvalue weighted by Crippen LogP contribution is 2.26. The predicted octanol–water partition coefficient (Wildman–Crippen LogP) is 4.47. The summed E-state index contributed by atoms with van der Waals surface area (Å²) in [5.74, 6) is 1.01. The summed E-state index contributed by atoms with van der Waals surface area (Å²) < 4.78 is 1.07. The third kappa shape index (κ3) is 4.29. The Hall–Kier alpha value is -1.39. The maximum absolute atomic E-state index is 12.3. The molecule has 26 heavy (non-hydrogen) atoms. The number of hydrogen-bond donors (Lipinski definition) is 2. The highest BCUT2D eigenvalue weighted by atomic mass is 127. The Morgan fingerprint density at radius 1 is 1.42 bits per heavy atom. The molecule has 2 heterocycles. The molecule has 3 rings (SSSR count). The lowest BCUT2D eigenvalue weighted by molar-refractivity contribution is -0.115. The summed E-state index contributed by atoms with van der Waals surface area (Å²) in [5, 5.41) is 3.32. The van der Waals surface area contributed by atoms with Crippen LogP contribution in [0.15, 0.2) is 29.1 Å². The van der Waals surface area contributed by atoms with E-state index in [9.17, 15) is 9.59 Å². The monoisotopic (exact) mass is 499 g/mol. The third-order valence-corrected chi connectivity index (χ3v) is 6.95. The van der Waals surface area contributed by atoms with Crippen LogP contribution in [-0.4, -0.2) is 21.1 Å². The molecule has 0 fully saturated rings. The predicted molar refractivity (Wildman–Crippen MR) is 118 cm³/mol. The number of H-pyrrole nitrogens is 1. The highest BCUT2D eigenvalue weighted by Gasteiger charge is 2.16. The molecule has 0 saturated carbocycles. The molecular formula is C18H18IN3O2S2. The topological polar surface area (TPSA) is 74.8 Å². The molecule has 0 aliphatic heterocycles. The zero-order valence-electron chi connectivity index (χ0n) is 14.6. The van der Waals surface area contributed by atoms with Crippen molar-refractivity contribution < 1.29 is 4.79 Å². The number of thioether (sulfide) groups is 1. The van der Waals surface area contributed by atoms with Crippen LogP contribution in [-0.2, 0) is 10.5 Å². The molecule has 0 aliphatic carbocycles. The number of halogens is 1. The van der Waals surface area contributed by atoms with Gasteiger partial charge in [-0.15, -0.1) is 23.1 Å². The Kier molecular flexibility index (Phi) is 6.03. The number of thiophene rings is 1. The SMILES string of the molecule is Cc1sc2nc(CSC(C)C(=O)Nc3cccc(I)c3)[nH]c(=O)c2c1C. The Bertz CT molecular complexity index is 1030. The molecule has 0 aliphatic rings. The minimum absolute atomic E-state index is 0.0664. The Morgan fingerprint density at radius 2 is 2.19 bits per heavy atom. The molecule has 1 atom stereocenters. The van der Waals surface area contributed by atoms with Gasteiger partial charge >= 0.3 is 0 Å². The van der Waals surface area contributed by atoms with Crippen molar-refractivity contribution in [2.75, 3.05) is 5.32 Å². The van der Waals surface area contributed by atoms with Crippen LogP contribution in [0.1, 0.15) is 23.2 Å². The molecule has 0 saturated heterocycles. The van der Waals surface area contributed by atoms with Gasteiger partial charge in [0.05, 0.1) is 16.4 Å². The largest absolute Gasteiger partial charge is 0.325 e. The normalized spacial score (nSPS) is 12.3. The van der Waals surface area contributed by atoms with Crippen LogP contribution in [0.25, 0.3) is 10.2 Å². The second-order valence-electron chi connectivity index (χ2n) is 5.93. The van der Waals surface area contributed by atoms with E-state index in [-0.39, 0.29) is 16.7 Å². The molecule has 5 nitrogen and oxygen atoms in total. The number of anilines is 1. The molecular weight excluding hydrogens is 481 g/mol. The van der Waals surface area contributed by atoms with E-state index in [0.29, 0.717) is 17.0 Å². The fraction of sp³-hybridized carbons (Fsp3) is 0.278. The Morgan fingerprint density at radius 3 is 2.92 bits per heavy atom. The van der Waals surface area contributed by atoms with Crippen molar-refractivity contribution >= 4 is 67.5 Å². The number of amides is 1. The lowest BCUT2D eigenvalue weighted by Crippen LogP contribution is -2.23. The van der Waals surface area contributed by atoms with Gasteiger partial charge in [0.15, 0.2) is 0 Å². The van der Waals surface area contributed by atoms with Crippen LogP contribution in [0, 0.1) is 17.4 Å². The number of nitrogens with one attached hydrogen (secondary N) is 2. The number of aromatic amines is 1. The lowest BCUT2D eigenvalue weighted by Gasteiger charge is -2.12. The van der Waals surface area contributed by atoms with Crippen LogP contribution >= 0.6 is 45.7 Å². The van der Waals surface area contributed by atoms with E-state index in [1.165, 1.54) is 23.1 Å². The summed E-state index contributed by atoms with van der Waals surface area (Å²) in [7, 11) is 0. The van der Waals surface area contributed by atoms with Crippen molar-refractivity contribution in [3.63, 3.8) is 0 Å². The molecule has 0 radical (unpaired) electrons. The van der Waals surface area contributed by atoms with Crippen molar-refractivity contribution in [1.82, 2.24) is 9.97 Å². The number of fused-ring (bicyclic) bond motifs is 1. The van der Waals surface area contributed by atoms with E-state index >= 15 is 0 Å². The smallest absolute Gasteiger partial charge is 0.259 e. The Labute approximate surface area is 173 Å². The van der Waals surface area contributed by atoms with Gasteiger partial charge in [-0.3, -0.25) is 9.59 Å². The first kappa shape index (κ1) is 19.4. The molecule has 136 valence electrons. The maximum Gasteiger partial charge on any atom is 0.259 e. The molecule has 3 aromatic rings. The van der Waals surface area contributed by atoms with Crippen molar-refractivity contribution in [3.05, 3.63) is 54.5 Å². The molecule has 0 bridgehead atoms. The Balaban J connectivity index is 1.67. The average Bonchev–Trinajstić information content (AvgIpc) is 2.87. The molecule has 1 amide bonds. The van der Waals surface area contributed by atoms with E-state index in [0.717, 1.165) is 24.5 Å². The fourth-order valence-electron chi connectivity index (χ4n) is 2.46. The van der Waals surface area contributed by atoms with Gasteiger partial charge in [0, 0.05) is 14.1 Å². The van der Waals surface area contributed by atoms with Gasteiger partial charge in [0.2, 0.25) is 5.91 Å². The quantitative estimate of drug-likeness (QED) is 0.509. The lowest BCUT2D eigenvalue weighted by atomic mass is 10.2. The molecule has 8 heteroatoms. The second-order valence-corrected chi connectivity index (χ2v) is 9.71. The van der Waals surface area contributed by atoms with E-state index in [4.69, 9.17) is 0 Å². The number of benzene rings is 1. The summed E-state index contributed by atoms with van der Waals surface area (Å²) in [6, 6.07) is 7.67. The van der Waals surface area contributed by atoms with Crippen molar-refractivity contribution in [2.45, 2.75) is 31.8 Å². The van der Waals surface area contributed by atoms with Gasteiger partial charge in [-0.1, -0.05) is 6.07 Å². The molecule has 1 aromatic carbocycles. The third-order valence-electron chi connectivity index (χ3n) is 4.02. The molecule has 0 spiro atoms. The molecule has 1 unspecified atom stereocenters. The number of nitrogens with zero attached hydrogens (tertiary/aromatic N) is 1. The zero-order chi connectivity index (χ0) is 18.8. The zero-order valence-corrected chi connectivity index (χ0v) is 18.3. The number of rotatable bonds is 5. The number of aryl methyl sites for hydroxylation is 2. The van der Waals surface area contributed by atoms with Gasteiger partial charge in [-0.05, 0) is 67.1 Å². The average molecular weight is 499 g/mol. The van der Waals surface area contributed by atoms with Crippen LogP contribution in [0.5, 0.6) is 0 Å². The number of aromatic nitrogens is 2. The summed E-state index contributed by atoms with van der Waals surface area (Å²) in [6.45, 7) is 5.79. The first-order valence-corrected chi connectivity index (χ1v) is 11.0. The van der Waals surface area contributed by atoms with Crippen LogP contribution in [0.2, 0.25) is 0 Å². The van der Waals surface area contributed by atoms with Crippen molar-refractivity contribution in [1.29, 1.82) is 0 Å². The summed E-state index contributed by atoms with van der Waals surface area (Å²) >= 11 is 5.19. The summed E-state index contributed by atoms with van der Waals surface area (Å²) in [4.78, 5) is 33.9. The summed E-state index contributed by atoms with van der Waals surface area (Å²) in [6.07, 6.45) is 0. The summed E-state index contributed by atoms with van der Waals surface area (Å²) in [5.41, 5.74) is 1.67. The van der Waals surface area contributed by atoms with E-state index in [1.54, 1.807) is 0 Å². The van der Waals surface area contributed by atoms with Gasteiger partial charge in [0.1, 0.15) is 10.7 Å². The first-order chi connectivity index (χ1) is 12.3. The first-order valence-electron chi connectivity index (χ1n) is 8.02. The van der Waals surface area contributed by atoms with E-state index in [2.05, 4.69) is 37.9 Å². The minimum Gasteiger partial charge on any atom is -0.325 e. The number of carbonyl (C=O) groups excluding carboxylic acids is 1. The highest BCUT2D eigenvalue weighted by molar-refractivity contribution is 14.1. The fourth-order valence-corrected chi connectivity index (χ4v) is 4.80. The van der Waals surface area contributed by atoms with Crippen molar-refractivity contribution in [2.24, 2.45) is 0 Å². The van der Waals surface area contributed by atoms with E-state index in [1.807, 2.05) is 45.0 Å². The minimum atomic E-state index is -0.263. The van der Waals surface area contributed by atoms with Crippen molar-refractivity contribution in [3.8, 4) is 0 Å².